The molecule has 0 saturated heterocycles. The summed E-state index contributed by atoms with van der Waals surface area (Å²) in [5, 5.41) is 7.39. The van der Waals surface area contributed by atoms with Gasteiger partial charge in [0.25, 0.3) is 0 Å². The van der Waals surface area contributed by atoms with Crippen molar-refractivity contribution in [2.24, 2.45) is 5.92 Å². The molecule has 2 aromatic heterocycles. The number of nitrogens with zero attached hydrogens (tertiary/aromatic N) is 4. The minimum Gasteiger partial charge on any atom is -0.346 e. The minimum absolute atomic E-state index is 0.0585. The van der Waals surface area contributed by atoms with E-state index in [-0.39, 0.29) is 23.9 Å². The first-order valence-corrected chi connectivity index (χ1v) is 9.71. The fourth-order valence-corrected chi connectivity index (χ4v) is 3.43. The Kier molecular flexibility index (Phi) is 5.94. The fraction of sp³-hybridized carbons (Fsp3) is 0.476. The van der Waals surface area contributed by atoms with E-state index in [1.54, 1.807) is 6.20 Å². The van der Waals surface area contributed by atoms with E-state index in [1.165, 1.54) is 0 Å². The highest BCUT2D eigenvalue weighted by Crippen LogP contribution is 2.28. The zero-order valence-electron chi connectivity index (χ0n) is 16.6. The number of fused-ring (bicyclic) bond motifs is 1. The van der Waals surface area contributed by atoms with Crippen LogP contribution in [0.4, 0.5) is 0 Å². The molecule has 0 fully saturated rings. The second kappa shape index (κ2) is 8.37. The summed E-state index contributed by atoms with van der Waals surface area (Å²) in [5.41, 5.74) is 2.08. The second-order valence-electron chi connectivity index (χ2n) is 7.58. The van der Waals surface area contributed by atoms with Gasteiger partial charge in [0.1, 0.15) is 5.82 Å². The van der Waals surface area contributed by atoms with Crippen molar-refractivity contribution in [1.82, 2.24) is 24.6 Å². The van der Waals surface area contributed by atoms with E-state index in [0.29, 0.717) is 6.42 Å². The maximum atomic E-state index is 12.6. The Morgan fingerprint density at radius 1 is 1.15 bits per heavy atom. The topological polar surface area (TPSA) is 64.7 Å². The Hall–Kier alpha value is -2.63. The molecule has 1 atom stereocenters. The van der Waals surface area contributed by atoms with Gasteiger partial charge in [-0.1, -0.05) is 26.0 Å². The molecule has 6 nitrogen and oxygen atoms in total. The molecule has 0 saturated carbocycles. The number of carbonyl (C=O) groups excluding carboxylic acids is 1. The third-order valence-electron chi connectivity index (χ3n) is 4.75. The predicted octanol–water partition coefficient (Wildman–Crippen LogP) is 4.11. The van der Waals surface area contributed by atoms with Crippen LogP contribution in [-0.2, 0) is 11.3 Å². The van der Waals surface area contributed by atoms with Gasteiger partial charge in [0.2, 0.25) is 5.91 Å². The molecular weight excluding hydrogens is 338 g/mol. The SMILES string of the molecule is CC(C)[C@@H](NC(=O)CCCn1cccn1)c1nc2ccccc2n1C(C)C. The molecule has 0 spiro atoms. The quantitative estimate of drug-likeness (QED) is 0.652. The molecule has 0 aliphatic rings. The normalized spacial score (nSPS) is 12.8. The van der Waals surface area contributed by atoms with Crippen molar-refractivity contribution in [3.63, 3.8) is 0 Å². The van der Waals surface area contributed by atoms with Crippen LogP contribution in [0.2, 0.25) is 0 Å². The number of hydrogen-bond acceptors (Lipinski definition) is 3. The van der Waals surface area contributed by atoms with Gasteiger partial charge < -0.3 is 9.88 Å². The van der Waals surface area contributed by atoms with Crippen molar-refractivity contribution in [2.75, 3.05) is 0 Å². The van der Waals surface area contributed by atoms with Gasteiger partial charge in [0.15, 0.2) is 0 Å². The molecule has 1 N–H and O–H groups in total. The number of benzene rings is 1. The number of amides is 1. The summed E-state index contributed by atoms with van der Waals surface area (Å²) in [6.07, 6.45) is 4.91. The summed E-state index contributed by atoms with van der Waals surface area (Å²) in [7, 11) is 0. The van der Waals surface area contributed by atoms with E-state index in [9.17, 15) is 4.79 Å². The minimum atomic E-state index is -0.114. The Balaban J connectivity index is 1.76. The molecule has 1 amide bonds. The molecule has 27 heavy (non-hydrogen) atoms. The first kappa shape index (κ1) is 19.1. The van der Waals surface area contributed by atoms with Gasteiger partial charge in [-0.15, -0.1) is 0 Å². The van der Waals surface area contributed by atoms with Crippen LogP contribution < -0.4 is 5.32 Å². The molecule has 6 heteroatoms. The molecule has 0 aliphatic heterocycles. The second-order valence-corrected chi connectivity index (χ2v) is 7.58. The number of nitrogens with one attached hydrogen (secondary N) is 1. The number of hydrogen-bond donors (Lipinski definition) is 1. The van der Waals surface area contributed by atoms with E-state index in [0.717, 1.165) is 29.8 Å². The molecule has 2 heterocycles. The lowest BCUT2D eigenvalue weighted by molar-refractivity contribution is -0.122. The van der Waals surface area contributed by atoms with Crippen molar-refractivity contribution < 1.29 is 4.79 Å². The van der Waals surface area contributed by atoms with Gasteiger partial charge in [-0.3, -0.25) is 9.48 Å². The molecule has 1 aromatic carbocycles. The molecule has 0 unspecified atom stereocenters. The third-order valence-corrected chi connectivity index (χ3v) is 4.75. The van der Waals surface area contributed by atoms with Gasteiger partial charge in [-0.05, 0) is 44.4 Å². The highest BCUT2D eigenvalue weighted by molar-refractivity contribution is 5.78. The van der Waals surface area contributed by atoms with Gasteiger partial charge in [0.05, 0.1) is 17.1 Å². The van der Waals surface area contributed by atoms with Gasteiger partial charge >= 0.3 is 0 Å². The molecule has 0 radical (unpaired) electrons. The summed E-state index contributed by atoms with van der Waals surface area (Å²) in [6, 6.07) is 10.2. The van der Waals surface area contributed by atoms with Crippen LogP contribution >= 0.6 is 0 Å². The Bertz CT molecular complexity index is 879. The van der Waals surface area contributed by atoms with E-state index in [1.807, 2.05) is 35.1 Å². The van der Waals surface area contributed by atoms with Crippen LogP contribution in [0.3, 0.4) is 0 Å². The molecular formula is C21H29N5O. The number of para-hydroxylation sites is 2. The average molecular weight is 367 g/mol. The number of imidazole rings is 1. The first-order chi connectivity index (χ1) is 13.0. The van der Waals surface area contributed by atoms with E-state index < -0.39 is 0 Å². The van der Waals surface area contributed by atoms with Gasteiger partial charge in [-0.25, -0.2) is 4.98 Å². The smallest absolute Gasteiger partial charge is 0.220 e. The summed E-state index contributed by atoms with van der Waals surface area (Å²) in [4.78, 5) is 17.4. The zero-order valence-corrected chi connectivity index (χ0v) is 16.6. The average Bonchev–Trinajstić information content (AvgIpc) is 3.26. The number of rotatable bonds is 8. The number of aromatic nitrogens is 4. The fourth-order valence-electron chi connectivity index (χ4n) is 3.43. The number of carbonyl (C=O) groups is 1. The highest BCUT2D eigenvalue weighted by atomic mass is 16.1. The van der Waals surface area contributed by atoms with E-state index in [2.05, 4.69) is 48.7 Å². The predicted molar refractivity (Wildman–Crippen MR) is 107 cm³/mol. The molecule has 0 aliphatic carbocycles. The Labute approximate surface area is 160 Å². The standard InChI is InChI=1S/C21H29N5O/c1-15(2)20(24-19(27)11-7-13-25-14-8-12-22-25)21-23-17-9-5-6-10-18(17)26(21)16(3)4/h5-6,8-10,12,14-16,20H,7,11,13H2,1-4H3,(H,24,27)/t20-/m1/s1. The molecule has 0 bridgehead atoms. The lowest BCUT2D eigenvalue weighted by Gasteiger charge is -2.25. The Morgan fingerprint density at radius 2 is 1.93 bits per heavy atom. The van der Waals surface area contributed by atoms with Gasteiger partial charge in [-0.2, -0.15) is 5.10 Å². The number of aryl methyl sites for hydroxylation is 1. The van der Waals surface area contributed by atoms with Crippen molar-refractivity contribution in [3.05, 3.63) is 48.5 Å². The highest BCUT2D eigenvalue weighted by Gasteiger charge is 2.25. The third kappa shape index (κ3) is 4.38. The van der Waals surface area contributed by atoms with Crippen molar-refractivity contribution in [2.45, 2.75) is 59.2 Å². The van der Waals surface area contributed by atoms with Crippen LogP contribution in [0.1, 0.15) is 58.4 Å². The summed E-state index contributed by atoms with van der Waals surface area (Å²) in [6.45, 7) is 9.30. The van der Waals surface area contributed by atoms with E-state index >= 15 is 0 Å². The van der Waals surface area contributed by atoms with Crippen molar-refractivity contribution in [1.29, 1.82) is 0 Å². The first-order valence-electron chi connectivity index (χ1n) is 9.71. The van der Waals surface area contributed by atoms with Crippen molar-refractivity contribution in [3.8, 4) is 0 Å². The lowest BCUT2D eigenvalue weighted by atomic mass is 10.0. The summed E-state index contributed by atoms with van der Waals surface area (Å²) >= 11 is 0. The van der Waals surface area contributed by atoms with Crippen LogP contribution in [0.15, 0.2) is 42.7 Å². The van der Waals surface area contributed by atoms with Crippen LogP contribution in [0.25, 0.3) is 11.0 Å². The Morgan fingerprint density at radius 3 is 2.59 bits per heavy atom. The summed E-state index contributed by atoms with van der Waals surface area (Å²) < 4.78 is 4.09. The molecule has 3 aromatic rings. The molecule has 144 valence electrons. The van der Waals surface area contributed by atoms with Crippen LogP contribution in [0.5, 0.6) is 0 Å². The van der Waals surface area contributed by atoms with Crippen molar-refractivity contribution >= 4 is 16.9 Å². The van der Waals surface area contributed by atoms with E-state index in [4.69, 9.17) is 4.98 Å². The zero-order chi connectivity index (χ0) is 19.4. The monoisotopic (exact) mass is 367 g/mol. The molecule has 3 rings (SSSR count). The van der Waals surface area contributed by atoms with Crippen LogP contribution in [0, 0.1) is 5.92 Å². The largest absolute Gasteiger partial charge is 0.346 e. The van der Waals surface area contributed by atoms with Crippen LogP contribution in [-0.4, -0.2) is 25.2 Å². The maximum Gasteiger partial charge on any atom is 0.220 e. The van der Waals surface area contributed by atoms with Gasteiger partial charge in [0, 0.05) is 31.4 Å². The summed E-state index contributed by atoms with van der Waals surface area (Å²) in [5.74, 6) is 1.24. The maximum absolute atomic E-state index is 12.6. The lowest BCUT2D eigenvalue weighted by Crippen LogP contribution is -2.34.